The van der Waals surface area contributed by atoms with Gasteiger partial charge in [0.05, 0.1) is 39.0 Å². The Morgan fingerprint density at radius 1 is 1.15 bits per heavy atom. The summed E-state index contributed by atoms with van der Waals surface area (Å²) >= 11 is 13.2. The van der Waals surface area contributed by atoms with E-state index in [2.05, 4.69) is 4.99 Å². The highest BCUT2D eigenvalue weighted by Gasteiger charge is 2.33. The lowest BCUT2D eigenvalue weighted by molar-refractivity contribution is -0.139. The van der Waals surface area contributed by atoms with Gasteiger partial charge in [0.15, 0.2) is 4.80 Å². The summed E-state index contributed by atoms with van der Waals surface area (Å²) in [6.07, 6.45) is 1.59. The van der Waals surface area contributed by atoms with E-state index in [0.29, 0.717) is 42.7 Å². The van der Waals surface area contributed by atoms with Crippen LogP contribution in [0.25, 0.3) is 17.4 Å². The average Bonchev–Trinajstić information content (AvgIpc) is 3.48. The van der Waals surface area contributed by atoms with Gasteiger partial charge in [-0.05, 0) is 61.9 Å². The first-order valence-corrected chi connectivity index (χ1v) is 13.3. The second kappa shape index (κ2) is 10.7. The number of allylic oxidation sites excluding steroid dienone is 1. The SMILES string of the molecule is CCOC(=O)C1=C(C)N=c2s/c(=C/c3ccc(-c4ccc(Cl)c(C(=O)O)c4)o3)c(=O)n2[C@@H]1c1ccc(Cl)cc1. The van der Waals surface area contributed by atoms with Crippen molar-refractivity contribution in [2.24, 2.45) is 4.99 Å². The molecule has 0 saturated carbocycles. The molecule has 0 bridgehead atoms. The van der Waals surface area contributed by atoms with Gasteiger partial charge in [0.1, 0.15) is 11.5 Å². The smallest absolute Gasteiger partial charge is 0.338 e. The average molecular weight is 583 g/mol. The number of halogens is 2. The minimum atomic E-state index is -1.15. The number of rotatable bonds is 6. The predicted molar refractivity (Wildman–Crippen MR) is 148 cm³/mol. The number of carboxylic acids is 1. The molecule has 1 aliphatic heterocycles. The number of thiazole rings is 1. The second-order valence-electron chi connectivity index (χ2n) is 8.56. The van der Waals surface area contributed by atoms with Crippen LogP contribution in [0.3, 0.4) is 0 Å². The predicted octanol–water partition coefficient (Wildman–Crippen LogP) is 5.06. The highest BCUT2D eigenvalue weighted by molar-refractivity contribution is 7.07. The molecule has 4 aromatic rings. The van der Waals surface area contributed by atoms with E-state index in [1.54, 1.807) is 62.4 Å². The fraction of sp³-hybridized carbons (Fsp3) is 0.143. The molecule has 2 aromatic heterocycles. The van der Waals surface area contributed by atoms with Gasteiger partial charge in [-0.1, -0.05) is 46.7 Å². The number of aromatic carboxylic acids is 1. The Morgan fingerprint density at radius 2 is 1.90 bits per heavy atom. The molecule has 0 unspecified atom stereocenters. The Hall–Kier alpha value is -3.92. The van der Waals surface area contributed by atoms with Crippen LogP contribution < -0.4 is 14.9 Å². The van der Waals surface area contributed by atoms with Crippen LogP contribution in [0, 0.1) is 0 Å². The van der Waals surface area contributed by atoms with Crippen molar-refractivity contribution in [3.63, 3.8) is 0 Å². The fourth-order valence-electron chi connectivity index (χ4n) is 4.31. The number of nitrogens with zero attached hydrogens (tertiary/aromatic N) is 2. The Labute approximate surface area is 235 Å². The van der Waals surface area contributed by atoms with Crippen molar-refractivity contribution in [2.75, 3.05) is 6.61 Å². The number of fused-ring (bicyclic) bond motifs is 1. The van der Waals surface area contributed by atoms with Crippen molar-refractivity contribution < 1.29 is 23.8 Å². The number of benzene rings is 2. The molecule has 198 valence electrons. The number of carboxylic acid groups (broad SMARTS) is 1. The zero-order valence-electron chi connectivity index (χ0n) is 20.6. The van der Waals surface area contributed by atoms with E-state index >= 15 is 0 Å². The second-order valence-corrected chi connectivity index (χ2v) is 10.4. The minimum Gasteiger partial charge on any atom is -0.478 e. The lowest BCUT2D eigenvalue weighted by atomic mass is 9.96. The van der Waals surface area contributed by atoms with Crippen LogP contribution in [-0.2, 0) is 9.53 Å². The zero-order valence-corrected chi connectivity index (χ0v) is 22.9. The maximum atomic E-state index is 13.7. The van der Waals surface area contributed by atoms with Gasteiger partial charge in [0.25, 0.3) is 5.56 Å². The van der Waals surface area contributed by atoms with E-state index in [0.717, 1.165) is 11.3 Å². The van der Waals surface area contributed by atoms with Gasteiger partial charge >= 0.3 is 11.9 Å². The van der Waals surface area contributed by atoms with Crippen molar-refractivity contribution in [1.29, 1.82) is 0 Å². The van der Waals surface area contributed by atoms with Gasteiger partial charge in [0, 0.05) is 16.7 Å². The number of carbonyl (C=O) groups is 2. The molecule has 0 saturated heterocycles. The number of carbonyl (C=O) groups excluding carboxylic acids is 1. The largest absolute Gasteiger partial charge is 0.478 e. The van der Waals surface area contributed by atoms with Crippen LogP contribution in [0.5, 0.6) is 0 Å². The third-order valence-electron chi connectivity index (χ3n) is 6.08. The summed E-state index contributed by atoms with van der Waals surface area (Å²) in [7, 11) is 0. The van der Waals surface area contributed by atoms with E-state index in [9.17, 15) is 19.5 Å². The lowest BCUT2D eigenvalue weighted by Gasteiger charge is -2.24. The molecule has 1 atom stereocenters. The standard InChI is InChI=1S/C28H20Cl2N2O6S/c1-3-37-27(36)23-14(2)31-28-32(24(23)15-4-7-17(29)8-5-15)25(33)22(39-28)13-18-9-11-21(38-18)16-6-10-20(30)19(12-16)26(34)35/h4-13,24H,3H2,1-2H3,(H,34,35)/b22-13+/t24-/m1/s1. The minimum absolute atomic E-state index is 0.0459. The molecule has 2 aromatic carbocycles. The maximum absolute atomic E-state index is 13.7. The number of hydrogen-bond acceptors (Lipinski definition) is 7. The molecule has 11 heteroatoms. The molecule has 39 heavy (non-hydrogen) atoms. The highest BCUT2D eigenvalue weighted by Crippen LogP contribution is 2.31. The van der Waals surface area contributed by atoms with Crippen molar-refractivity contribution in [3.05, 3.63) is 112 Å². The van der Waals surface area contributed by atoms with Crippen LogP contribution in [0.4, 0.5) is 0 Å². The van der Waals surface area contributed by atoms with Crippen LogP contribution in [0.1, 0.15) is 41.6 Å². The first kappa shape index (κ1) is 26.7. The van der Waals surface area contributed by atoms with Gasteiger partial charge in [0.2, 0.25) is 0 Å². The summed E-state index contributed by atoms with van der Waals surface area (Å²) in [5.74, 6) is -0.908. The number of aromatic nitrogens is 1. The Balaban J connectivity index is 1.61. The summed E-state index contributed by atoms with van der Waals surface area (Å²) in [6.45, 7) is 3.60. The monoisotopic (exact) mass is 582 g/mol. The summed E-state index contributed by atoms with van der Waals surface area (Å²) < 4.78 is 13.0. The Morgan fingerprint density at radius 3 is 2.59 bits per heavy atom. The lowest BCUT2D eigenvalue weighted by Crippen LogP contribution is -2.39. The van der Waals surface area contributed by atoms with E-state index in [1.165, 1.54) is 16.7 Å². The molecule has 0 aliphatic carbocycles. The number of ether oxygens (including phenoxy) is 1. The fourth-order valence-corrected chi connectivity index (χ4v) is 5.66. The van der Waals surface area contributed by atoms with Crippen LogP contribution in [-0.4, -0.2) is 28.2 Å². The number of hydrogen-bond donors (Lipinski definition) is 1. The summed E-state index contributed by atoms with van der Waals surface area (Å²) in [4.78, 5) is 43.1. The third-order valence-corrected chi connectivity index (χ3v) is 7.65. The van der Waals surface area contributed by atoms with Gasteiger partial charge in [-0.3, -0.25) is 9.36 Å². The van der Waals surface area contributed by atoms with Crippen molar-refractivity contribution in [1.82, 2.24) is 4.57 Å². The van der Waals surface area contributed by atoms with Crippen LogP contribution in [0.15, 0.2) is 80.1 Å². The maximum Gasteiger partial charge on any atom is 0.338 e. The van der Waals surface area contributed by atoms with E-state index in [-0.39, 0.29) is 28.3 Å². The molecule has 3 heterocycles. The van der Waals surface area contributed by atoms with Crippen molar-refractivity contribution >= 4 is 52.6 Å². The van der Waals surface area contributed by atoms with Crippen molar-refractivity contribution in [3.8, 4) is 11.3 Å². The quantitative estimate of drug-likeness (QED) is 0.318. The van der Waals surface area contributed by atoms with E-state index < -0.39 is 18.0 Å². The molecule has 1 aliphatic rings. The van der Waals surface area contributed by atoms with Gasteiger partial charge in [-0.2, -0.15) is 0 Å². The molecule has 1 N–H and O–H groups in total. The summed E-state index contributed by atoms with van der Waals surface area (Å²) in [6, 6.07) is 14.1. The van der Waals surface area contributed by atoms with Gasteiger partial charge in [-0.25, -0.2) is 14.6 Å². The first-order chi connectivity index (χ1) is 18.7. The number of furan rings is 1. The molecular formula is C28H20Cl2N2O6S. The molecule has 0 spiro atoms. The summed E-state index contributed by atoms with van der Waals surface area (Å²) in [5.41, 5.74) is 1.53. The van der Waals surface area contributed by atoms with Crippen LogP contribution in [0.2, 0.25) is 10.0 Å². The zero-order chi connectivity index (χ0) is 27.8. The topological polar surface area (TPSA) is 111 Å². The van der Waals surface area contributed by atoms with Gasteiger partial charge in [-0.15, -0.1) is 0 Å². The van der Waals surface area contributed by atoms with Crippen molar-refractivity contribution in [2.45, 2.75) is 19.9 Å². The van der Waals surface area contributed by atoms with E-state index in [1.807, 2.05) is 0 Å². The molecular weight excluding hydrogens is 563 g/mol. The molecule has 0 fully saturated rings. The summed E-state index contributed by atoms with van der Waals surface area (Å²) in [5, 5.41) is 10.0. The molecule has 0 radical (unpaired) electrons. The van der Waals surface area contributed by atoms with Crippen LogP contribution >= 0.6 is 34.5 Å². The first-order valence-electron chi connectivity index (χ1n) is 11.8. The molecule has 0 amide bonds. The Bertz CT molecular complexity index is 1830. The molecule has 5 rings (SSSR count). The Kier molecular flexibility index (Phi) is 7.31. The molecule has 8 nitrogen and oxygen atoms in total. The number of esters is 1. The highest BCUT2D eigenvalue weighted by atomic mass is 35.5. The normalized spacial score (nSPS) is 15.2. The van der Waals surface area contributed by atoms with E-state index in [4.69, 9.17) is 32.4 Å². The van der Waals surface area contributed by atoms with Gasteiger partial charge < -0.3 is 14.3 Å². The third kappa shape index (κ3) is 5.08.